The average molecular weight is 286 g/mol. The van der Waals surface area contributed by atoms with Gasteiger partial charge in [-0.2, -0.15) is 0 Å². The Hall–Kier alpha value is -1.30. The molecule has 0 aliphatic heterocycles. The first-order valence-electron chi connectivity index (χ1n) is 5.00. The number of amides is 1. The molecule has 1 saturated carbocycles. The van der Waals surface area contributed by atoms with Crippen LogP contribution in [-0.4, -0.2) is 16.5 Å². The molecule has 0 bridgehead atoms. The van der Waals surface area contributed by atoms with Crippen LogP contribution in [0.1, 0.15) is 12.8 Å². The first-order valence-corrected chi connectivity index (χ1v) is 5.80. The molecule has 0 radical (unpaired) electrons. The minimum absolute atomic E-state index is 0.0579. The fraction of sp³-hybridized carbons (Fsp3) is 0.400. The number of anilines is 1. The molecular formula is C10H12BrN3O2. The maximum atomic E-state index is 11.5. The summed E-state index contributed by atoms with van der Waals surface area (Å²) in [6.07, 6.45) is 5.15. The van der Waals surface area contributed by atoms with Gasteiger partial charge in [-0.3, -0.25) is 9.59 Å². The highest BCUT2D eigenvalue weighted by molar-refractivity contribution is 9.10. The number of rotatable bonds is 3. The largest absolute Gasteiger partial charge is 0.394 e. The summed E-state index contributed by atoms with van der Waals surface area (Å²) < 4.78 is 1.96. The fourth-order valence-electron chi connectivity index (χ4n) is 1.37. The van der Waals surface area contributed by atoms with E-state index < -0.39 is 0 Å². The summed E-state index contributed by atoms with van der Waals surface area (Å²) in [7, 11) is 0. The maximum absolute atomic E-state index is 11.5. The Morgan fingerprint density at radius 2 is 2.25 bits per heavy atom. The SMILES string of the molecule is Nc1cn(CC(=O)NC2CC2)cc(Br)c1=O. The normalized spacial score (nSPS) is 14.8. The zero-order valence-corrected chi connectivity index (χ0v) is 10.2. The summed E-state index contributed by atoms with van der Waals surface area (Å²) in [6, 6.07) is 0.340. The van der Waals surface area contributed by atoms with Gasteiger partial charge in [-0.25, -0.2) is 0 Å². The highest BCUT2D eigenvalue weighted by Gasteiger charge is 2.23. The molecule has 1 aliphatic rings. The Labute approximate surface area is 101 Å². The van der Waals surface area contributed by atoms with Crippen LogP contribution in [0.5, 0.6) is 0 Å². The highest BCUT2D eigenvalue weighted by Crippen LogP contribution is 2.18. The second kappa shape index (κ2) is 4.29. The zero-order chi connectivity index (χ0) is 11.7. The summed E-state index contributed by atoms with van der Waals surface area (Å²) in [6.45, 7) is 0.180. The van der Waals surface area contributed by atoms with E-state index in [4.69, 9.17) is 5.73 Å². The van der Waals surface area contributed by atoms with E-state index in [9.17, 15) is 9.59 Å². The summed E-state index contributed by atoms with van der Waals surface area (Å²) in [5.74, 6) is -0.0579. The molecule has 1 aliphatic carbocycles. The number of pyridine rings is 1. The summed E-state index contributed by atoms with van der Waals surface area (Å²) in [5, 5.41) is 2.86. The molecule has 6 heteroatoms. The molecule has 1 amide bonds. The van der Waals surface area contributed by atoms with Gasteiger partial charge in [0.1, 0.15) is 6.54 Å². The van der Waals surface area contributed by atoms with Crippen molar-refractivity contribution in [2.24, 2.45) is 0 Å². The first kappa shape index (κ1) is 11.2. The third-order valence-electron chi connectivity index (χ3n) is 2.33. The average Bonchev–Trinajstić information content (AvgIpc) is 2.97. The number of hydrogen-bond acceptors (Lipinski definition) is 3. The fourth-order valence-corrected chi connectivity index (χ4v) is 1.87. The lowest BCUT2D eigenvalue weighted by Gasteiger charge is -2.08. The van der Waals surface area contributed by atoms with Gasteiger partial charge in [0.25, 0.3) is 0 Å². The van der Waals surface area contributed by atoms with Crippen LogP contribution in [0.25, 0.3) is 0 Å². The maximum Gasteiger partial charge on any atom is 0.240 e. The van der Waals surface area contributed by atoms with Crippen molar-refractivity contribution in [1.29, 1.82) is 0 Å². The minimum atomic E-state index is -0.251. The van der Waals surface area contributed by atoms with E-state index in [1.54, 1.807) is 10.8 Å². The van der Waals surface area contributed by atoms with Gasteiger partial charge in [-0.05, 0) is 28.8 Å². The monoisotopic (exact) mass is 285 g/mol. The van der Waals surface area contributed by atoms with Gasteiger partial charge in [0.2, 0.25) is 11.3 Å². The number of nitrogens with zero attached hydrogens (tertiary/aromatic N) is 1. The molecule has 16 heavy (non-hydrogen) atoms. The van der Waals surface area contributed by atoms with Crippen molar-refractivity contribution in [1.82, 2.24) is 9.88 Å². The van der Waals surface area contributed by atoms with Crippen molar-refractivity contribution in [2.75, 3.05) is 5.73 Å². The van der Waals surface area contributed by atoms with Crippen molar-refractivity contribution in [2.45, 2.75) is 25.4 Å². The predicted octanol–water partition coefficient (Wildman–Crippen LogP) is 0.472. The van der Waals surface area contributed by atoms with E-state index in [0.29, 0.717) is 10.5 Å². The summed E-state index contributed by atoms with van der Waals surface area (Å²) in [5.41, 5.74) is 5.40. The van der Waals surface area contributed by atoms with Crippen molar-refractivity contribution in [3.63, 3.8) is 0 Å². The number of nitrogen functional groups attached to an aromatic ring is 1. The van der Waals surface area contributed by atoms with Gasteiger partial charge >= 0.3 is 0 Å². The van der Waals surface area contributed by atoms with Crippen LogP contribution in [0.4, 0.5) is 5.69 Å². The summed E-state index contributed by atoms with van der Waals surface area (Å²) in [4.78, 5) is 22.8. The van der Waals surface area contributed by atoms with Crippen LogP contribution < -0.4 is 16.5 Å². The van der Waals surface area contributed by atoms with Crippen LogP contribution in [0.3, 0.4) is 0 Å². The Kier molecular flexibility index (Phi) is 3.00. The molecule has 2 rings (SSSR count). The lowest BCUT2D eigenvalue weighted by atomic mass is 10.4. The molecule has 0 unspecified atom stereocenters. The van der Waals surface area contributed by atoms with Gasteiger partial charge in [0.05, 0.1) is 10.2 Å². The molecule has 1 heterocycles. The molecule has 0 atom stereocenters. The van der Waals surface area contributed by atoms with E-state index >= 15 is 0 Å². The lowest BCUT2D eigenvalue weighted by Crippen LogP contribution is -2.29. The molecule has 1 fully saturated rings. The Morgan fingerprint density at radius 3 is 2.81 bits per heavy atom. The number of carbonyl (C=O) groups excluding carboxylic acids is 1. The number of nitrogens with two attached hydrogens (primary N) is 1. The predicted molar refractivity (Wildman–Crippen MR) is 64.0 cm³/mol. The van der Waals surface area contributed by atoms with Crippen LogP contribution in [0, 0.1) is 0 Å². The van der Waals surface area contributed by atoms with Crippen LogP contribution >= 0.6 is 15.9 Å². The van der Waals surface area contributed by atoms with Crippen LogP contribution in [-0.2, 0) is 11.3 Å². The molecular weight excluding hydrogens is 274 g/mol. The third kappa shape index (κ3) is 2.63. The Balaban J connectivity index is 2.08. The lowest BCUT2D eigenvalue weighted by molar-refractivity contribution is -0.121. The second-order valence-corrected chi connectivity index (χ2v) is 4.76. The molecule has 3 N–H and O–H groups in total. The quantitative estimate of drug-likeness (QED) is 0.848. The molecule has 86 valence electrons. The van der Waals surface area contributed by atoms with Gasteiger partial charge in [0.15, 0.2) is 0 Å². The van der Waals surface area contributed by atoms with Crippen LogP contribution in [0.15, 0.2) is 21.7 Å². The highest BCUT2D eigenvalue weighted by atomic mass is 79.9. The molecule has 5 nitrogen and oxygen atoms in total. The zero-order valence-electron chi connectivity index (χ0n) is 8.57. The van der Waals surface area contributed by atoms with E-state index in [1.165, 1.54) is 6.20 Å². The second-order valence-electron chi connectivity index (χ2n) is 3.90. The number of carbonyl (C=O) groups is 1. The summed E-state index contributed by atoms with van der Waals surface area (Å²) >= 11 is 3.10. The topological polar surface area (TPSA) is 77.1 Å². The van der Waals surface area contributed by atoms with Crippen molar-refractivity contribution in [3.8, 4) is 0 Å². The number of nitrogens with one attached hydrogen (secondary N) is 1. The van der Waals surface area contributed by atoms with Gasteiger partial charge in [0, 0.05) is 18.4 Å². The number of aromatic nitrogens is 1. The van der Waals surface area contributed by atoms with Crippen molar-refractivity contribution < 1.29 is 4.79 Å². The molecule has 1 aromatic rings. The van der Waals surface area contributed by atoms with E-state index in [-0.39, 0.29) is 23.6 Å². The number of halogens is 1. The van der Waals surface area contributed by atoms with E-state index in [2.05, 4.69) is 21.2 Å². The minimum Gasteiger partial charge on any atom is -0.394 e. The van der Waals surface area contributed by atoms with E-state index in [0.717, 1.165) is 12.8 Å². The van der Waals surface area contributed by atoms with E-state index in [1.807, 2.05) is 0 Å². The van der Waals surface area contributed by atoms with Gasteiger partial charge in [-0.1, -0.05) is 0 Å². The molecule has 1 aromatic heterocycles. The van der Waals surface area contributed by atoms with Crippen molar-refractivity contribution in [3.05, 3.63) is 27.1 Å². The first-order chi connectivity index (χ1) is 7.56. The smallest absolute Gasteiger partial charge is 0.240 e. The molecule has 0 aromatic carbocycles. The standard InChI is InChI=1S/C10H12BrN3O2/c11-7-3-14(4-8(12)10(7)16)5-9(15)13-6-1-2-6/h3-4,6H,1-2,5,12H2,(H,13,15). The van der Waals surface area contributed by atoms with Crippen LogP contribution in [0.2, 0.25) is 0 Å². The number of hydrogen-bond donors (Lipinski definition) is 2. The van der Waals surface area contributed by atoms with Crippen molar-refractivity contribution >= 4 is 27.5 Å². The van der Waals surface area contributed by atoms with Gasteiger partial charge in [-0.15, -0.1) is 0 Å². The molecule has 0 spiro atoms. The third-order valence-corrected chi connectivity index (χ3v) is 2.90. The van der Waals surface area contributed by atoms with Gasteiger partial charge < -0.3 is 15.6 Å². The Morgan fingerprint density at radius 1 is 1.56 bits per heavy atom. The Bertz CT molecular complexity index is 453. The molecule has 0 saturated heterocycles.